The topological polar surface area (TPSA) is 77.2 Å². The number of likely N-dealkylation sites (N-methyl/N-ethyl adjacent to an activating group) is 1. The van der Waals surface area contributed by atoms with Crippen LogP contribution < -0.4 is 20.3 Å². The fourth-order valence-corrected chi connectivity index (χ4v) is 5.52. The molecule has 1 aliphatic rings. The van der Waals surface area contributed by atoms with Gasteiger partial charge in [-0.1, -0.05) is 19.9 Å². The van der Waals surface area contributed by atoms with Crippen molar-refractivity contribution in [3.63, 3.8) is 0 Å². The molecule has 2 aromatic rings. The number of hydrogen-bond acceptors (Lipinski definition) is 7. The summed E-state index contributed by atoms with van der Waals surface area (Å²) in [6.45, 7) is 12.7. The zero-order valence-corrected chi connectivity index (χ0v) is 22.1. The van der Waals surface area contributed by atoms with E-state index in [1.54, 1.807) is 18.4 Å². The van der Waals surface area contributed by atoms with E-state index in [0.717, 1.165) is 51.6 Å². The summed E-state index contributed by atoms with van der Waals surface area (Å²) in [5.41, 5.74) is 1.18. The van der Waals surface area contributed by atoms with Crippen molar-refractivity contribution in [2.45, 2.75) is 32.9 Å². The SMILES string of the molecule is CCN(CC)CCNC(=O)C(=O)N[C@@H](C)[C@@H](c1cccs1)N1CCN(c2ccc(OC)cc2)CC1. The summed E-state index contributed by atoms with van der Waals surface area (Å²) in [7, 11) is 1.67. The molecule has 35 heavy (non-hydrogen) atoms. The van der Waals surface area contributed by atoms with Crippen molar-refractivity contribution >= 4 is 28.8 Å². The Morgan fingerprint density at radius 3 is 2.31 bits per heavy atom. The number of anilines is 1. The molecule has 1 aliphatic heterocycles. The first kappa shape index (κ1) is 27.0. The summed E-state index contributed by atoms with van der Waals surface area (Å²) in [4.78, 5) is 33.2. The summed E-state index contributed by atoms with van der Waals surface area (Å²) in [5.74, 6) is -0.291. The Kier molecular flexibility index (Phi) is 10.4. The van der Waals surface area contributed by atoms with E-state index in [2.05, 4.69) is 62.8 Å². The number of nitrogens with zero attached hydrogens (tertiary/aromatic N) is 3. The summed E-state index contributed by atoms with van der Waals surface area (Å²) in [6.07, 6.45) is 0. The van der Waals surface area contributed by atoms with E-state index >= 15 is 0 Å². The molecule has 1 aromatic carbocycles. The van der Waals surface area contributed by atoms with Gasteiger partial charge in [-0.15, -0.1) is 11.3 Å². The minimum absolute atomic E-state index is 0.0143. The monoisotopic (exact) mass is 501 g/mol. The van der Waals surface area contributed by atoms with Crippen LogP contribution in [0.2, 0.25) is 0 Å². The zero-order valence-electron chi connectivity index (χ0n) is 21.3. The molecule has 192 valence electrons. The third-order valence-corrected chi connectivity index (χ3v) is 7.57. The van der Waals surface area contributed by atoms with Crippen LogP contribution >= 0.6 is 11.3 Å². The van der Waals surface area contributed by atoms with Crippen LogP contribution in [0.3, 0.4) is 0 Å². The highest BCUT2D eigenvalue weighted by Crippen LogP contribution is 2.30. The molecular weight excluding hydrogens is 462 g/mol. The molecule has 8 nitrogen and oxygen atoms in total. The normalized spacial score (nSPS) is 16.1. The number of ether oxygens (including phenoxy) is 1. The van der Waals surface area contributed by atoms with Crippen molar-refractivity contribution in [3.05, 3.63) is 46.7 Å². The van der Waals surface area contributed by atoms with Gasteiger partial charge < -0.3 is 25.2 Å². The number of rotatable bonds is 11. The molecule has 1 saturated heterocycles. The van der Waals surface area contributed by atoms with Crippen molar-refractivity contribution in [2.75, 3.05) is 64.4 Å². The average Bonchev–Trinajstić information content (AvgIpc) is 3.41. The molecule has 3 rings (SSSR count). The first-order valence-corrected chi connectivity index (χ1v) is 13.3. The Labute approximate surface area is 213 Å². The largest absolute Gasteiger partial charge is 0.497 e. The van der Waals surface area contributed by atoms with E-state index in [4.69, 9.17) is 4.74 Å². The molecule has 1 fully saturated rings. The number of piperazine rings is 1. The van der Waals surface area contributed by atoms with E-state index in [0.29, 0.717) is 6.54 Å². The second-order valence-corrected chi connectivity index (χ2v) is 9.71. The Morgan fingerprint density at radius 1 is 1.06 bits per heavy atom. The fraction of sp³-hybridized carbons (Fsp3) is 0.538. The standard InChI is InChI=1S/C26H39N5O3S/c1-5-29(6-2)14-13-27-25(32)26(33)28-20(3)24(23-8-7-19-35-23)31-17-15-30(16-18-31)21-9-11-22(34-4)12-10-21/h7-12,19-20,24H,5-6,13-18H2,1-4H3,(H,27,32)(H,28,33)/t20-,24-/m0/s1. The quantitative estimate of drug-likeness (QED) is 0.461. The molecule has 9 heteroatoms. The van der Waals surface area contributed by atoms with Crippen LogP contribution in [0.4, 0.5) is 5.69 Å². The summed E-state index contributed by atoms with van der Waals surface area (Å²) < 4.78 is 5.27. The van der Waals surface area contributed by atoms with E-state index in [1.807, 2.05) is 25.1 Å². The second-order valence-electron chi connectivity index (χ2n) is 8.73. The third kappa shape index (κ3) is 7.43. The van der Waals surface area contributed by atoms with Gasteiger partial charge in [-0.3, -0.25) is 14.5 Å². The fourth-order valence-electron chi connectivity index (χ4n) is 4.55. The van der Waals surface area contributed by atoms with Crippen LogP contribution in [0.15, 0.2) is 41.8 Å². The number of carbonyl (C=O) groups excluding carboxylic acids is 2. The van der Waals surface area contributed by atoms with E-state index in [9.17, 15) is 9.59 Å². The molecule has 0 radical (unpaired) electrons. The maximum atomic E-state index is 12.6. The van der Waals surface area contributed by atoms with Crippen LogP contribution in [0.5, 0.6) is 5.75 Å². The molecule has 0 bridgehead atoms. The maximum absolute atomic E-state index is 12.6. The predicted octanol–water partition coefficient (Wildman–Crippen LogP) is 2.58. The Morgan fingerprint density at radius 2 is 1.74 bits per heavy atom. The Hall–Kier alpha value is -2.62. The number of methoxy groups -OCH3 is 1. The zero-order chi connectivity index (χ0) is 25.2. The van der Waals surface area contributed by atoms with Crippen LogP contribution in [0.1, 0.15) is 31.7 Å². The number of benzene rings is 1. The highest BCUT2D eigenvalue weighted by molar-refractivity contribution is 7.10. The molecule has 2 amide bonds. The first-order valence-electron chi connectivity index (χ1n) is 12.4. The second kappa shape index (κ2) is 13.5. The van der Waals surface area contributed by atoms with Crippen LogP contribution in [0, 0.1) is 0 Å². The van der Waals surface area contributed by atoms with Gasteiger partial charge in [-0.05, 0) is 55.7 Å². The minimum atomic E-state index is -0.574. The van der Waals surface area contributed by atoms with Gasteiger partial charge in [0.2, 0.25) is 0 Å². The molecule has 0 spiro atoms. The predicted molar refractivity (Wildman–Crippen MR) is 142 cm³/mol. The maximum Gasteiger partial charge on any atom is 0.309 e. The summed E-state index contributed by atoms with van der Waals surface area (Å²) in [5, 5.41) is 7.77. The lowest BCUT2D eigenvalue weighted by atomic mass is 10.0. The minimum Gasteiger partial charge on any atom is -0.497 e. The van der Waals surface area contributed by atoms with Gasteiger partial charge in [-0.25, -0.2) is 0 Å². The van der Waals surface area contributed by atoms with Gasteiger partial charge in [0, 0.05) is 55.9 Å². The third-order valence-electron chi connectivity index (χ3n) is 6.63. The van der Waals surface area contributed by atoms with Crippen LogP contribution in [-0.4, -0.2) is 87.1 Å². The van der Waals surface area contributed by atoms with Crippen LogP contribution in [0.25, 0.3) is 0 Å². The molecule has 1 aromatic heterocycles. The van der Waals surface area contributed by atoms with Crippen molar-refractivity contribution in [3.8, 4) is 5.75 Å². The number of hydrogen-bond donors (Lipinski definition) is 2. The lowest BCUT2D eigenvalue weighted by Crippen LogP contribution is -2.54. The molecule has 0 aliphatic carbocycles. The van der Waals surface area contributed by atoms with Gasteiger partial charge in [0.1, 0.15) is 5.75 Å². The highest BCUT2D eigenvalue weighted by atomic mass is 32.1. The molecule has 2 atom stereocenters. The smallest absolute Gasteiger partial charge is 0.309 e. The molecule has 0 saturated carbocycles. The summed E-state index contributed by atoms with van der Waals surface area (Å²) >= 11 is 1.69. The molecule has 2 N–H and O–H groups in total. The number of thiophene rings is 1. The summed E-state index contributed by atoms with van der Waals surface area (Å²) in [6, 6.07) is 12.1. The van der Waals surface area contributed by atoms with Gasteiger partial charge >= 0.3 is 11.8 Å². The van der Waals surface area contributed by atoms with Gasteiger partial charge in [0.15, 0.2) is 0 Å². The van der Waals surface area contributed by atoms with Gasteiger partial charge in [0.05, 0.1) is 13.2 Å². The van der Waals surface area contributed by atoms with E-state index in [-0.39, 0.29) is 12.1 Å². The molecule has 2 heterocycles. The lowest BCUT2D eigenvalue weighted by Gasteiger charge is -2.42. The van der Waals surface area contributed by atoms with Gasteiger partial charge in [0.25, 0.3) is 0 Å². The number of amides is 2. The average molecular weight is 502 g/mol. The van der Waals surface area contributed by atoms with Crippen LogP contribution in [-0.2, 0) is 9.59 Å². The number of carbonyl (C=O) groups is 2. The van der Waals surface area contributed by atoms with Crippen molar-refractivity contribution in [1.82, 2.24) is 20.4 Å². The first-order chi connectivity index (χ1) is 17.0. The highest BCUT2D eigenvalue weighted by Gasteiger charge is 2.32. The molecular formula is C26H39N5O3S. The molecule has 0 unspecified atom stereocenters. The Bertz CT molecular complexity index is 910. The Balaban J connectivity index is 1.58. The van der Waals surface area contributed by atoms with Crippen molar-refractivity contribution in [2.24, 2.45) is 0 Å². The van der Waals surface area contributed by atoms with Crippen molar-refractivity contribution < 1.29 is 14.3 Å². The van der Waals surface area contributed by atoms with Gasteiger partial charge in [-0.2, -0.15) is 0 Å². The van der Waals surface area contributed by atoms with Crippen molar-refractivity contribution in [1.29, 1.82) is 0 Å². The lowest BCUT2D eigenvalue weighted by molar-refractivity contribution is -0.139. The van der Waals surface area contributed by atoms with E-state index < -0.39 is 11.8 Å². The number of nitrogens with one attached hydrogen (secondary N) is 2. The van der Waals surface area contributed by atoms with E-state index in [1.165, 1.54) is 10.6 Å².